The van der Waals surface area contributed by atoms with E-state index in [9.17, 15) is 4.79 Å². The number of rotatable bonds is 6. The number of nitrogens with one attached hydrogen (secondary N) is 2. The van der Waals surface area contributed by atoms with E-state index in [0.717, 1.165) is 32.7 Å². The van der Waals surface area contributed by atoms with Crippen LogP contribution in [0.2, 0.25) is 0 Å². The second-order valence-electron chi connectivity index (χ2n) is 4.33. The van der Waals surface area contributed by atoms with Gasteiger partial charge in [0.1, 0.15) is 0 Å². The lowest BCUT2D eigenvalue weighted by molar-refractivity contribution is -0.121. The summed E-state index contributed by atoms with van der Waals surface area (Å²) in [5, 5.41) is 15.2. The summed E-state index contributed by atoms with van der Waals surface area (Å²) >= 11 is 0. The summed E-state index contributed by atoms with van der Waals surface area (Å²) in [5.41, 5.74) is 0. The Hall–Kier alpha value is -0.650. The van der Waals surface area contributed by atoms with E-state index in [1.54, 1.807) is 6.92 Å². The predicted molar refractivity (Wildman–Crippen MR) is 63.2 cm³/mol. The lowest BCUT2D eigenvalue weighted by Gasteiger charge is -2.27. The molecular formula is C11H23N3O2. The molecule has 1 fully saturated rings. The van der Waals surface area contributed by atoms with Gasteiger partial charge in [-0.1, -0.05) is 0 Å². The summed E-state index contributed by atoms with van der Waals surface area (Å²) in [5.74, 6) is 0.0380. The fourth-order valence-electron chi connectivity index (χ4n) is 1.72. The largest absolute Gasteiger partial charge is 0.393 e. The highest BCUT2D eigenvalue weighted by Crippen LogP contribution is 1.95. The Kier molecular flexibility index (Phi) is 6.37. The van der Waals surface area contributed by atoms with Crippen LogP contribution in [0.4, 0.5) is 0 Å². The molecule has 1 aliphatic heterocycles. The molecule has 1 atom stereocenters. The summed E-state index contributed by atoms with van der Waals surface area (Å²) in [6.45, 7) is 7.52. The molecule has 1 aliphatic rings. The maximum absolute atomic E-state index is 11.3. The molecule has 0 bridgehead atoms. The number of carbonyl (C=O) groups is 1. The minimum Gasteiger partial charge on any atom is -0.393 e. The van der Waals surface area contributed by atoms with E-state index in [0.29, 0.717) is 19.4 Å². The maximum Gasteiger partial charge on any atom is 0.220 e. The molecule has 1 unspecified atom stereocenters. The first kappa shape index (κ1) is 13.4. The second-order valence-corrected chi connectivity index (χ2v) is 4.33. The fourth-order valence-corrected chi connectivity index (χ4v) is 1.72. The molecule has 0 aromatic rings. The molecule has 94 valence electrons. The molecule has 1 amide bonds. The first-order chi connectivity index (χ1) is 7.68. The van der Waals surface area contributed by atoms with E-state index >= 15 is 0 Å². The average Bonchev–Trinajstić information content (AvgIpc) is 2.28. The van der Waals surface area contributed by atoms with Crippen LogP contribution in [0.15, 0.2) is 0 Å². The smallest absolute Gasteiger partial charge is 0.220 e. The summed E-state index contributed by atoms with van der Waals surface area (Å²) in [7, 11) is 0. The Morgan fingerprint density at radius 1 is 1.50 bits per heavy atom. The van der Waals surface area contributed by atoms with Gasteiger partial charge in [0.05, 0.1) is 6.10 Å². The number of hydrogen-bond donors (Lipinski definition) is 3. The topological polar surface area (TPSA) is 64.6 Å². The Balaban J connectivity index is 1.99. The van der Waals surface area contributed by atoms with Crippen molar-refractivity contribution in [2.45, 2.75) is 25.9 Å². The van der Waals surface area contributed by atoms with E-state index in [-0.39, 0.29) is 12.0 Å². The third kappa shape index (κ3) is 6.05. The van der Waals surface area contributed by atoms with Crippen LogP contribution >= 0.6 is 0 Å². The van der Waals surface area contributed by atoms with E-state index < -0.39 is 0 Å². The van der Waals surface area contributed by atoms with Gasteiger partial charge in [0.25, 0.3) is 0 Å². The number of aliphatic hydroxyl groups excluding tert-OH is 1. The molecule has 0 radical (unpaired) electrons. The van der Waals surface area contributed by atoms with E-state index in [2.05, 4.69) is 15.5 Å². The van der Waals surface area contributed by atoms with Gasteiger partial charge in [-0.15, -0.1) is 0 Å². The van der Waals surface area contributed by atoms with Gasteiger partial charge in [0.2, 0.25) is 5.91 Å². The number of amides is 1. The third-order valence-electron chi connectivity index (χ3n) is 2.75. The minimum absolute atomic E-state index is 0.0380. The van der Waals surface area contributed by atoms with Crippen LogP contribution in [-0.4, -0.2) is 61.3 Å². The molecule has 1 saturated heterocycles. The van der Waals surface area contributed by atoms with Gasteiger partial charge in [-0.25, -0.2) is 0 Å². The standard InChI is InChI=1S/C11H23N3O2/c1-10(15)2-3-11(16)13-6-9-14-7-4-12-5-8-14/h10,12,15H,2-9H2,1H3,(H,13,16). The van der Waals surface area contributed by atoms with Crippen LogP contribution in [0.5, 0.6) is 0 Å². The number of hydrogen-bond acceptors (Lipinski definition) is 4. The Morgan fingerprint density at radius 2 is 2.19 bits per heavy atom. The summed E-state index contributed by atoms with van der Waals surface area (Å²) in [4.78, 5) is 13.7. The highest BCUT2D eigenvalue weighted by Gasteiger charge is 2.09. The third-order valence-corrected chi connectivity index (χ3v) is 2.75. The van der Waals surface area contributed by atoms with Gasteiger partial charge in [-0.3, -0.25) is 9.69 Å². The minimum atomic E-state index is -0.390. The van der Waals surface area contributed by atoms with Crippen molar-refractivity contribution in [1.82, 2.24) is 15.5 Å². The van der Waals surface area contributed by atoms with E-state index in [1.165, 1.54) is 0 Å². The molecule has 0 saturated carbocycles. The Morgan fingerprint density at radius 3 is 2.81 bits per heavy atom. The Bertz CT molecular complexity index is 203. The van der Waals surface area contributed by atoms with Crippen molar-refractivity contribution in [2.24, 2.45) is 0 Å². The van der Waals surface area contributed by atoms with Crippen molar-refractivity contribution in [3.63, 3.8) is 0 Å². The highest BCUT2D eigenvalue weighted by atomic mass is 16.3. The van der Waals surface area contributed by atoms with Gasteiger partial charge in [-0.05, 0) is 13.3 Å². The van der Waals surface area contributed by atoms with Crippen LogP contribution in [-0.2, 0) is 4.79 Å². The van der Waals surface area contributed by atoms with Gasteiger partial charge >= 0.3 is 0 Å². The van der Waals surface area contributed by atoms with Crippen molar-refractivity contribution in [3.8, 4) is 0 Å². The quantitative estimate of drug-likeness (QED) is 0.556. The molecule has 0 aromatic heterocycles. The zero-order valence-electron chi connectivity index (χ0n) is 10.0. The molecule has 1 heterocycles. The number of aliphatic hydroxyl groups is 1. The number of piperazine rings is 1. The molecule has 16 heavy (non-hydrogen) atoms. The van der Waals surface area contributed by atoms with Crippen LogP contribution in [0.25, 0.3) is 0 Å². The second kappa shape index (κ2) is 7.60. The monoisotopic (exact) mass is 229 g/mol. The predicted octanol–water partition coefficient (Wildman–Crippen LogP) is -0.831. The van der Waals surface area contributed by atoms with Crippen molar-refractivity contribution < 1.29 is 9.90 Å². The summed E-state index contributed by atoms with van der Waals surface area (Å²) in [6, 6.07) is 0. The average molecular weight is 229 g/mol. The highest BCUT2D eigenvalue weighted by molar-refractivity contribution is 5.75. The van der Waals surface area contributed by atoms with E-state index in [1.807, 2.05) is 0 Å². The van der Waals surface area contributed by atoms with Crippen molar-refractivity contribution >= 4 is 5.91 Å². The molecule has 0 aliphatic carbocycles. The van der Waals surface area contributed by atoms with Crippen LogP contribution in [0.3, 0.4) is 0 Å². The van der Waals surface area contributed by atoms with Gasteiger partial charge in [0.15, 0.2) is 0 Å². The Labute approximate surface area is 97.2 Å². The van der Waals surface area contributed by atoms with Crippen LogP contribution in [0.1, 0.15) is 19.8 Å². The molecule has 5 heteroatoms. The van der Waals surface area contributed by atoms with Crippen molar-refractivity contribution in [1.29, 1.82) is 0 Å². The lowest BCUT2D eigenvalue weighted by Crippen LogP contribution is -2.46. The normalized spacial score (nSPS) is 19.4. The SMILES string of the molecule is CC(O)CCC(=O)NCCN1CCNCC1. The molecule has 5 nitrogen and oxygen atoms in total. The fraction of sp³-hybridized carbons (Fsp3) is 0.909. The lowest BCUT2D eigenvalue weighted by atomic mass is 10.2. The summed E-state index contributed by atoms with van der Waals surface area (Å²) in [6.07, 6.45) is 0.567. The zero-order chi connectivity index (χ0) is 11.8. The van der Waals surface area contributed by atoms with Crippen molar-refractivity contribution in [3.05, 3.63) is 0 Å². The number of nitrogens with zero attached hydrogens (tertiary/aromatic N) is 1. The van der Waals surface area contributed by atoms with Crippen LogP contribution < -0.4 is 10.6 Å². The first-order valence-electron chi connectivity index (χ1n) is 6.06. The van der Waals surface area contributed by atoms with Gasteiger partial charge < -0.3 is 15.7 Å². The van der Waals surface area contributed by atoms with E-state index in [4.69, 9.17) is 5.11 Å². The zero-order valence-corrected chi connectivity index (χ0v) is 10.0. The van der Waals surface area contributed by atoms with Gasteiger partial charge in [-0.2, -0.15) is 0 Å². The number of carbonyl (C=O) groups excluding carboxylic acids is 1. The van der Waals surface area contributed by atoms with Crippen molar-refractivity contribution in [2.75, 3.05) is 39.3 Å². The maximum atomic E-state index is 11.3. The molecule has 0 spiro atoms. The van der Waals surface area contributed by atoms with Crippen LogP contribution in [0, 0.1) is 0 Å². The molecular weight excluding hydrogens is 206 g/mol. The summed E-state index contributed by atoms with van der Waals surface area (Å²) < 4.78 is 0. The molecule has 1 rings (SSSR count). The molecule has 3 N–H and O–H groups in total. The molecule has 0 aromatic carbocycles. The first-order valence-corrected chi connectivity index (χ1v) is 6.06. The van der Waals surface area contributed by atoms with Gasteiger partial charge in [0, 0.05) is 45.7 Å².